The number of aromatic nitrogens is 1. The van der Waals surface area contributed by atoms with E-state index in [1.807, 2.05) is 6.07 Å². The quantitative estimate of drug-likeness (QED) is 0.0775. The van der Waals surface area contributed by atoms with Crippen molar-refractivity contribution >= 4 is 62.0 Å². The smallest absolute Gasteiger partial charge is 0.312 e. The summed E-state index contributed by atoms with van der Waals surface area (Å²) in [7, 11) is 0. The molecule has 0 spiro atoms. The Morgan fingerprint density at radius 3 is 2.39 bits per heavy atom. The number of aldehydes is 1. The van der Waals surface area contributed by atoms with Gasteiger partial charge in [0.2, 0.25) is 5.43 Å². The minimum Gasteiger partial charge on any atom is -0.507 e. The summed E-state index contributed by atoms with van der Waals surface area (Å²) < 4.78 is 18.5. The van der Waals surface area contributed by atoms with Gasteiger partial charge in [0.05, 0.1) is 50.2 Å². The Hall–Kier alpha value is -5.44. The number of para-hydroxylation sites is 1. The van der Waals surface area contributed by atoms with E-state index in [2.05, 4.69) is 5.32 Å². The number of aromatic hydroxyl groups is 1. The maximum atomic E-state index is 14.5. The van der Waals surface area contributed by atoms with Crippen molar-refractivity contribution in [3.63, 3.8) is 0 Å². The molecule has 0 saturated carbocycles. The van der Waals surface area contributed by atoms with Gasteiger partial charge in [-0.3, -0.25) is 19.2 Å². The molecule has 1 amide bonds. The van der Waals surface area contributed by atoms with Gasteiger partial charge in [-0.25, -0.2) is 4.98 Å². The molecule has 9 atom stereocenters. The highest BCUT2D eigenvalue weighted by molar-refractivity contribution is 7.22. The van der Waals surface area contributed by atoms with Crippen LogP contribution in [0.5, 0.6) is 11.5 Å². The number of aliphatic hydroxyl groups is 2. The Labute approximate surface area is 333 Å². The molecular formula is C43H46N2O11S. The van der Waals surface area contributed by atoms with E-state index in [1.54, 1.807) is 65.0 Å². The molecule has 4 aliphatic heterocycles. The third-order valence-corrected chi connectivity index (χ3v) is 12.4. The van der Waals surface area contributed by atoms with Crippen molar-refractivity contribution in [3.8, 4) is 22.1 Å². The van der Waals surface area contributed by atoms with E-state index in [0.29, 0.717) is 16.5 Å². The summed E-state index contributed by atoms with van der Waals surface area (Å²) in [5, 5.41) is 36.9. The lowest BCUT2D eigenvalue weighted by Crippen LogP contribution is -2.45. The number of ketones is 1. The highest BCUT2D eigenvalue weighted by Gasteiger charge is 2.50. The largest absolute Gasteiger partial charge is 0.507 e. The number of phenols is 1. The Morgan fingerprint density at radius 2 is 1.70 bits per heavy atom. The molecule has 57 heavy (non-hydrogen) atoms. The van der Waals surface area contributed by atoms with Crippen LogP contribution < -0.4 is 15.5 Å². The molecule has 2 aromatic carbocycles. The summed E-state index contributed by atoms with van der Waals surface area (Å²) in [4.78, 5) is 72.7. The molecule has 4 N–H and O–H groups in total. The second-order valence-electron chi connectivity index (χ2n) is 15.2. The summed E-state index contributed by atoms with van der Waals surface area (Å²) in [5.74, 6) is -8.13. The van der Waals surface area contributed by atoms with Crippen molar-refractivity contribution in [2.24, 2.45) is 29.6 Å². The number of aliphatic hydroxyl groups excluding tert-OH is 2. The normalized spacial score (nSPS) is 30.7. The number of allylic oxidation sites excluding steroid dienone is 3. The molecule has 7 rings (SSSR count). The molecule has 0 fully saturated rings. The number of hydrogen-bond acceptors (Lipinski definition) is 13. The van der Waals surface area contributed by atoms with Crippen molar-refractivity contribution in [3.05, 3.63) is 81.8 Å². The van der Waals surface area contributed by atoms with Crippen molar-refractivity contribution in [2.45, 2.75) is 79.5 Å². The number of Topliss-reactive ketones (excluding diaryl/α,β-unsaturated/α-hetero) is 1. The number of fused-ring (bicyclic) bond motifs is 14. The predicted octanol–water partition coefficient (Wildman–Crippen LogP) is 6.22. The molecule has 0 saturated heterocycles. The van der Waals surface area contributed by atoms with Gasteiger partial charge in [-0.05, 0) is 32.1 Å². The zero-order chi connectivity index (χ0) is 41.7. The molecule has 5 bridgehead atoms. The van der Waals surface area contributed by atoms with Crippen LogP contribution >= 0.6 is 11.3 Å². The first-order chi connectivity index (χ1) is 26.9. The summed E-state index contributed by atoms with van der Waals surface area (Å²) >= 11 is 1.18. The average Bonchev–Trinajstić information content (AvgIpc) is 3.45. The van der Waals surface area contributed by atoms with E-state index < -0.39 is 82.5 Å². The molecule has 2 aromatic rings. The molecule has 4 heterocycles. The van der Waals surface area contributed by atoms with Gasteiger partial charge in [-0.15, -0.1) is 11.3 Å². The highest BCUT2D eigenvalue weighted by atomic mass is 32.1. The van der Waals surface area contributed by atoms with Crippen LogP contribution in [0.1, 0.15) is 64.4 Å². The number of esters is 1. The monoisotopic (exact) mass is 798 g/mol. The minimum atomic E-state index is -2.03. The number of benzene rings is 3. The molecule has 0 unspecified atom stereocenters. The zero-order valence-corrected chi connectivity index (χ0v) is 33.7. The SMILES string of the molecule is CC(=O)O[C@H]1[C@H](C)[C@H](O)[C@H](C)[C@@H](O)[C@@H](C)/C=C/C=C(/C)C(=O)Nc2c3sc4ccccc4nc-3c3c4c(c(C)c(O)c3c2=O)O[C@](C)(O/C=C/[C@H](C=O)[C@H]1C)C4=O. The van der Waals surface area contributed by atoms with Crippen molar-refractivity contribution < 1.29 is 48.7 Å². The number of phenolic OH excluding ortho intramolecular Hbond substituents is 1. The van der Waals surface area contributed by atoms with E-state index >= 15 is 0 Å². The number of hydrogen-bond donors (Lipinski definition) is 4. The Balaban J connectivity index is 1.57. The molecule has 0 radical (unpaired) electrons. The predicted molar refractivity (Wildman–Crippen MR) is 215 cm³/mol. The zero-order valence-electron chi connectivity index (χ0n) is 32.9. The van der Waals surface area contributed by atoms with E-state index in [4.69, 9.17) is 19.2 Å². The lowest BCUT2D eigenvalue weighted by molar-refractivity contribution is -0.159. The second kappa shape index (κ2) is 15.8. The fourth-order valence-corrected chi connectivity index (χ4v) is 8.75. The summed E-state index contributed by atoms with van der Waals surface area (Å²) in [6, 6.07) is 7.16. The Morgan fingerprint density at radius 1 is 1.00 bits per heavy atom. The number of carbonyl (C=O) groups is 4. The fourth-order valence-electron chi connectivity index (χ4n) is 7.67. The maximum Gasteiger partial charge on any atom is 0.312 e. The van der Waals surface area contributed by atoms with Gasteiger partial charge in [0.1, 0.15) is 29.6 Å². The topological polar surface area (TPSA) is 199 Å². The van der Waals surface area contributed by atoms with Crippen LogP contribution in [-0.2, 0) is 23.9 Å². The van der Waals surface area contributed by atoms with Crippen LogP contribution in [-0.4, -0.2) is 68.3 Å². The van der Waals surface area contributed by atoms with Gasteiger partial charge < -0.3 is 39.6 Å². The second-order valence-corrected chi connectivity index (χ2v) is 16.3. The van der Waals surface area contributed by atoms with Crippen LogP contribution in [0, 0.1) is 36.5 Å². The van der Waals surface area contributed by atoms with Gasteiger partial charge in [0.25, 0.3) is 11.7 Å². The maximum absolute atomic E-state index is 14.5. The number of ether oxygens (including phenoxy) is 3. The van der Waals surface area contributed by atoms with E-state index in [-0.39, 0.29) is 49.5 Å². The van der Waals surface area contributed by atoms with E-state index in [1.165, 1.54) is 44.3 Å². The van der Waals surface area contributed by atoms with Gasteiger partial charge in [0, 0.05) is 60.0 Å². The van der Waals surface area contributed by atoms with E-state index in [9.17, 15) is 39.3 Å². The van der Waals surface area contributed by atoms with Crippen LogP contribution in [0.25, 0.3) is 31.6 Å². The average molecular weight is 799 g/mol. The third kappa shape index (κ3) is 7.33. The van der Waals surface area contributed by atoms with Crippen molar-refractivity contribution in [2.75, 3.05) is 5.32 Å². The van der Waals surface area contributed by atoms with Crippen LogP contribution in [0.2, 0.25) is 0 Å². The molecule has 0 aromatic heterocycles. The van der Waals surface area contributed by atoms with Gasteiger partial charge >= 0.3 is 11.8 Å². The number of amides is 1. The molecule has 5 aliphatic rings. The summed E-state index contributed by atoms with van der Waals surface area (Å²) in [5.41, 5.74) is 0.0594. The van der Waals surface area contributed by atoms with Gasteiger partial charge in [0.15, 0.2) is 0 Å². The van der Waals surface area contributed by atoms with Crippen LogP contribution in [0.15, 0.2) is 65.2 Å². The van der Waals surface area contributed by atoms with Crippen molar-refractivity contribution in [1.82, 2.24) is 4.98 Å². The summed E-state index contributed by atoms with van der Waals surface area (Å²) in [6.07, 6.45) is 4.68. The highest BCUT2D eigenvalue weighted by Crippen LogP contribution is 2.51. The number of rotatable bonds is 2. The molecule has 1 aliphatic carbocycles. The molecule has 14 heteroatoms. The first-order valence-corrected chi connectivity index (χ1v) is 19.5. The fraction of sp³-hybridized carbons (Fsp3) is 0.395. The number of nitrogens with one attached hydrogen (secondary N) is 1. The van der Waals surface area contributed by atoms with Crippen molar-refractivity contribution in [1.29, 1.82) is 0 Å². The molecule has 300 valence electrons. The lowest BCUT2D eigenvalue weighted by Gasteiger charge is -2.37. The molecular weight excluding hydrogens is 753 g/mol. The Bertz CT molecular complexity index is 2420. The standard InChI is InChI=1S/C43H46N2O11S/c1-19-12-11-13-20(2)42(53)45-33-37(51)30-29(32-40(33)57-28-15-10-9-14-27(28)44-32)31-39(24(6)36(30)50)56-43(8,41(31)52)54-17-16-26(18-46)21(3)38(55-25(7)47)23(5)35(49)22(4)34(19)48/h9-19,21-23,26,34-35,38,48-50H,1-8H3,(H,45,53)/b12-11+,17-16+,20-13-/t19-,21+,22+,23+,26+,34-,35+,38+,43-/m0/s1. The van der Waals surface area contributed by atoms with E-state index in [0.717, 1.165) is 6.26 Å². The third-order valence-electron chi connectivity index (χ3n) is 11.2. The van der Waals surface area contributed by atoms with Gasteiger partial charge in [-0.2, -0.15) is 0 Å². The van der Waals surface area contributed by atoms with Gasteiger partial charge in [-0.1, -0.05) is 58.1 Å². The number of nitrogens with zero attached hydrogens (tertiary/aromatic N) is 1. The minimum absolute atomic E-state index is 0.0250. The first kappa shape index (κ1) is 41.2. The molecule has 13 nitrogen and oxygen atoms in total. The first-order valence-electron chi connectivity index (χ1n) is 18.7. The van der Waals surface area contributed by atoms with Crippen LogP contribution in [0.3, 0.4) is 0 Å². The van der Waals surface area contributed by atoms with Crippen LogP contribution in [0.4, 0.5) is 5.69 Å². The summed E-state index contributed by atoms with van der Waals surface area (Å²) in [6.45, 7) is 12.4. The number of anilines is 1. The Kier molecular flexibility index (Phi) is 11.4. The number of carbonyl (C=O) groups excluding carboxylic acids is 4. The lowest BCUT2D eigenvalue weighted by atomic mass is 9.77.